The second kappa shape index (κ2) is 7.16. The molecule has 0 N–H and O–H groups in total. The number of ether oxygens (including phenoxy) is 3. The Hall–Kier alpha value is -1.53. The predicted octanol–water partition coefficient (Wildman–Crippen LogP) is 1.90. The summed E-state index contributed by atoms with van der Waals surface area (Å²) in [7, 11) is 0. The van der Waals surface area contributed by atoms with Crippen molar-refractivity contribution in [3.63, 3.8) is 0 Å². The van der Waals surface area contributed by atoms with Gasteiger partial charge in [-0.05, 0) is 27.7 Å². The van der Waals surface area contributed by atoms with Gasteiger partial charge in [0, 0.05) is 19.4 Å². The molecule has 0 unspecified atom stereocenters. The average Bonchev–Trinajstić information content (AvgIpc) is 2.39. The van der Waals surface area contributed by atoms with Crippen LogP contribution in [0.5, 0.6) is 0 Å². The molecule has 1 heterocycles. The minimum atomic E-state index is -1.09. The Balaban J connectivity index is 3.19. The third kappa shape index (κ3) is 3.71. The van der Waals surface area contributed by atoms with Gasteiger partial charge in [0.25, 0.3) is 0 Å². The lowest BCUT2D eigenvalue weighted by Gasteiger charge is -2.29. The van der Waals surface area contributed by atoms with E-state index in [1.807, 2.05) is 13.8 Å². The predicted molar refractivity (Wildman–Crippen MR) is 68.6 cm³/mol. The SMILES string of the molecule is CCOC(=O)c1cncnc1C(C)(OCC)OCC. The molecule has 0 bridgehead atoms. The zero-order chi connectivity index (χ0) is 14.3. The van der Waals surface area contributed by atoms with Crippen LogP contribution in [-0.4, -0.2) is 35.8 Å². The number of nitrogens with zero attached hydrogens (tertiary/aromatic N) is 2. The fourth-order valence-electron chi connectivity index (χ4n) is 1.78. The highest BCUT2D eigenvalue weighted by Gasteiger charge is 2.34. The first-order valence-corrected chi connectivity index (χ1v) is 6.34. The van der Waals surface area contributed by atoms with Crippen molar-refractivity contribution in [1.82, 2.24) is 9.97 Å². The number of esters is 1. The normalized spacial score (nSPS) is 11.4. The Morgan fingerprint density at radius 1 is 1.21 bits per heavy atom. The minimum Gasteiger partial charge on any atom is -0.462 e. The van der Waals surface area contributed by atoms with Gasteiger partial charge in [-0.15, -0.1) is 0 Å². The fourth-order valence-corrected chi connectivity index (χ4v) is 1.78. The first kappa shape index (κ1) is 15.5. The summed E-state index contributed by atoms with van der Waals surface area (Å²) < 4.78 is 16.2. The van der Waals surface area contributed by atoms with Gasteiger partial charge in [-0.2, -0.15) is 0 Å². The topological polar surface area (TPSA) is 70.5 Å². The van der Waals surface area contributed by atoms with Crippen LogP contribution in [0.25, 0.3) is 0 Å². The molecule has 1 aromatic heterocycles. The summed E-state index contributed by atoms with van der Waals surface area (Å²) in [5.74, 6) is -1.57. The lowest BCUT2D eigenvalue weighted by Crippen LogP contribution is -2.33. The highest BCUT2D eigenvalue weighted by atomic mass is 16.7. The molecule has 19 heavy (non-hydrogen) atoms. The second-order valence-corrected chi connectivity index (χ2v) is 3.82. The van der Waals surface area contributed by atoms with Crippen LogP contribution < -0.4 is 0 Å². The third-order valence-electron chi connectivity index (χ3n) is 2.48. The molecule has 0 aliphatic carbocycles. The molecular formula is C13H20N2O4. The molecule has 106 valence electrons. The van der Waals surface area contributed by atoms with E-state index in [4.69, 9.17) is 14.2 Å². The van der Waals surface area contributed by atoms with Crippen LogP contribution in [0.15, 0.2) is 12.5 Å². The fraction of sp³-hybridized carbons (Fsp3) is 0.615. The van der Waals surface area contributed by atoms with E-state index < -0.39 is 11.8 Å². The maximum Gasteiger partial charge on any atom is 0.341 e. The van der Waals surface area contributed by atoms with Gasteiger partial charge in [-0.25, -0.2) is 14.8 Å². The number of rotatable bonds is 7. The van der Waals surface area contributed by atoms with Crippen LogP contribution in [0.3, 0.4) is 0 Å². The van der Waals surface area contributed by atoms with Crippen molar-refractivity contribution in [2.24, 2.45) is 0 Å². The first-order valence-electron chi connectivity index (χ1n) is 6.34. The highest BCUT2D eigenvalue weighted by Crippen LogP contribution is 2.28. The molecule has 0 aliphatic rings. The number of hydrogen-bond donors (Lipinski definition) is 0. The summed E-state index contributed by atoms with van der Waals surface area (Å²) in [5, 5.41) is 0. The Kier molecular flexibility index (Phi) is 5.85. The Bertz CT molecular complexity index is 417. The van der Waals surface area contributed by atoms with E-state index in [0.717, 1.165) is 0 Å². The Morgan fingerprint density at radius 2 is 1.84 bits per heavy atom. The average molecular weight is 268 g/mol. The maximum absolute atomic E-state index is 11.9. The van der Waals surface area contributed by atoms with Crippen molar-refractivity contribution in [3.05, 3.63) is 23.8 Å². The molecule has 0 aromatic carbocycles. The van der Waals surface area contributed by atoms with Crippen molar-refractivity contribution >= 4 is 5.97 Å². The van der Waals surface area contributed by atoms with Crippen LogP contribution in [0.1, 0.15) is 43.7 Å². The summed E-state index contributed by atoms with van der Waals surface area (Å²) in [6.07, 6.45) is 2.77. The molecule has 1 aromatic rings. The molecule has 1 rings (SSSR count). The Morgan fingerprint density at radius 3 is 2.37 bits per heavy atom. The summed E-state index contributed by atoms with van der Waals surface area (Å²) in [5.41, 5.74) is 0.637. The monoisotopic (exact) mass is 268 g/mol. The highest BCUT2D eigenvalue weighted by molar-refractivity contribution is 5.90. The van der Waals surface area contributed by atoms with Crippen molar-refractivity contribution in [3.8, 4) is 0 Å². The molecule has 0 saturated carbocycles. The van der Waals surface area contributed by atoms with Crippen LogP contribution >= 0.6 is 0 Å². The molecule has 0 aliphatic heterocycles. The minimum absolute atomic E-state index is 0.258. The quantitative estimate of drug-likeness (QED) is 0.555. The third-order valence-corrected chi connectivity index (χ3v) is 2.48. The maximum atomic E-state index is 11.9. The number of carbonyl (C=O) groups excluding carboxylic acids is 1. The van der Waals surface area contributed by atoms with Gasteiger partial charge >= 0.3 is 5.97 Å². The second-order valence-electron chi connectivity index (χ2n) is 3.82. The molecule has 0 fully saturated rings. The van der Waals surface area contributed by atoms with Crippen LogP contribution in [0, 0.1) is 0 Å². The molecule has 0 spiro atoms. The van der Waals surface area contributed by atoms with E-state index in [-0.39, 0.29) is 12.2 Å². The lowest BCUT2D eigenvalue weighted by atomic mass is 10.1. The summed E-state index contributed by atoms with van der Waals surface area (Å²) in [6.45, 7) is 8.32. The van der Waals surface area contributed by atoms with Gasteiger partial charge in [0.1, 0.15) is 17.6 Å². The number of hydrogen-bond acceptors (Lipinski definition) is 6. The van der Waals surface area contributed by atoms with E-state index in [9.17, 15) is 4.79 Å². The molecule has 0 saturated heterocycles. The molecule has 0 amide bonds. The zero-order valence-electron chi connectivity index (χ0n) is 11.8. The first-order chi connectivity index (χ1) is 9.09. The van der Waals surface area contributed by atoms with Crippen LogP contribution in [-0.2, 0) is 20.0 Å². The Labute approximate surface area is 113 Å². The van der Waals surface area contributed by atoms with Gasteiger partial charge in [0.15, 0.2) is 0 Å². The molecule has 6 nitrogen and oxygen atoms in total. The summed E-state index contributed by atoms with van der Waals surface area (Å²) in [6, 6.07) is 0. The van der Waals surface area contributed by atoms with E-state index in [0.29, 0.717) is 18.9 Å². The van der Waals surface area contributed by atoms with E-state index >= 15 is 0 Å². The lowest BCUT2D eigenvalue weighted by molar-refractivity contribution is -0.232. The molecule has 6 heteroatoms. The smallest absolute Gasteiger partial charge is 0.341 e. The summed E-state index contributed by atoms with van der Waals surface area (Å²) in [4.78, 5) is 19.9. The van der Waals surface area contributed by atoms with Crippen LogP contribution in [0.4, 0.5) is 0 Å². The number of aromatic nitrogens is 2. The van der Waals surface area contributed by atoms with E-state index in [1.54, 1.807) is 13.8 Å². The van der Waals surface area contributed by atoms with E-state index in [1.165, 1.54) is 12.5 Å². The molecule has 0 radical (unpaired) electrons. The molecular weight excluding hydrogens is 248 g/mol. The molecule has 0 atom stereocenters. The van der Waals surface area contributed by atoms with Crippen LogP contribution in [0.2, 0.25) is 0 Å². The van der Waals surface area contributed by atoms with E-state index in [2.05, 4.69) is 9.97 Å². The van der Waals surface area contributed by atoms with Gasteiger partial charge in [0.2, 0.25) is 5.79 Å². The van der Waals surface area contributed by atoms with Gasteiger partial charge in [-0.3, -0.25) is 0 Å². The van der Waals surface area contributed by atoms with Gasteiger partial charge in [0.05, 0.1) is 6.61 Å². The number of carbonyl (C=O) groups is 1. The zero-order valence-corrected chi connectivity index (χ0v) is 11.8. The van der Waals surface area contributed by atoms with Crippen molar-refractivity contribution in [1.29, 1.82) is 0 Å². The van der Waals surface area contributed by atoms with Gasteiger partial charge < -0.3 is 14.2 Å². The van der Waals surface area contributed by atoms with Crippen molar-refractivity contribution in [2.75, 3.05) is 19.8 Å². The van der Waals surface area contributed by atoms with Gasteiger partial charge in [-0.1, -0.05) is 0 Å². The summed E-state index contributed by atoms with van der Waals surface area (Å²) >= 11 is 0. The van der Waals surface area contributed by atoms with Crippen molar-refractivity contribution < 1.29 is 19.0 Å². The largest absolute Gasteiger partial charge is 0.462 e. The standard InChI is InChI=1S/C13H20N2O4/c1-5-17-12(16)10-8-14-9-15-11(10)13(4,18-6-2)19-7-3/h8-9H,5-7H2,1-4H3. The van der Waals surface area contributed by atoms with Crippen molar-refractivity contribution in [2.45, 2.75) is 33.5 Å².